The molecule has 1 heterocycles. The number of methoxy groups -OCH3 is 1. The van der Waals surface area contributed by atoms with Gasteiger partial charge in [-0.2, -0.15) is 0 Å². The number of nitrogens with one attached hydrogen (secondary N) is 3. The standard InChI is InChI=1S/C28H28N4O4/c1-29-24(33)17-32(2)16-18-9-12-21(13-10-18)30-26(19-7-5-4-6-8-19)25-22-14-11-20(28(35)36-3)15-23(22)31-27(25)34/h4-15,30H,16-17H2,1-3H3,(H,29,33)(H,31,34)/b26-25-. The Morgan fingerprint density at radius 2 is 1.69 bits per heavy atom. The van der Waals surface area contributed by atoms with Crippen molar-refractivity contribution in [3.63, 3.8) is 0 Å². The Hall–Kier alpha value is -4.43. The number of hydrogen-bond acceptors (Lipinski definition) is 6. The van der Waals surface area contributed by atoms with Crippen molar-refractivity contribution in [3.8, 4) is 0 Å². The van der Waals surface area contributed by atoms with Crippen molar-refractivity contribution >= 4 is 40.4 Å². The van der Waals surface area contributed by atoms with Crippen LogP contribution in [-0.4, -0.2) is 50.4 Å². The molecule has 8 nitrogen and oxygen atoms in total. The molecule has 4 rings (SSSR count). The number of nitrogens with zero attached hydrogens (tertiary/aromatic N) is 1. The molecule has 0 aliphatic carbocycles. The molecule has 0 aromatic heterocycles. The normalized spacial score (nSPS) is 13.6. The lowest BCUT2D eigenvalue weighted by molar-refractivity contribution is -0.121. The molecule has 0 atom stereocenters. The molecule has 0 spiro atoms. The smallest absolute Gasteiger partial charge is 0.337 e. The maximum atomic E-state index is 13.1. The van der Waals surface area contributed by atoms with E-state index in [1.54, 1.807) is 25.2 Å². The zero-order chi connectivity index (χ0) is 25.7. The Kier molecular flexibility index (Phi) is 7.46. The summed E-state index contributed by atoms with van der Waals surface area (Å²) < 4.78 is 4.80. The van der Waals surface area contributed by atoms with Crippen LogP contribution in [0.2, 0.25) is 0 Å². The van der Waals surface area contributed by atoms with Gasteiger partial charge in [-0.05, 0) is 42.4 Å². The third kappa shape index (κ3) is 5.45. The Balaban J connectivity index is 1.66. The summed E-state index contributed by atoms with van der Waals surface area (Å²) in [4.78, 5) is 38.6. The molecule has 184 valence electrons. The minimum absolute atomic E-state index is 0.0382. The van der Waals surface area contributed by atoms with Gasteiger partial charge in [-0.1, -0.05) is 48.5 Å². The van der Waals surface area contributed by atoms with Crippen molar-refractivity contribution in [2.24, 2.45) is 0 Å². The SMILES string of the molecule is CNC(=O)CN(C)Cc1ccc(N/C(=C2\C(=O)Nc3cc(C(=O)OC)ccc32)c2ccccc2)cc1. The summed E-state index contributed by atoms with van der Waals surface area (Å²) >= 11 is 0. The van der Waals surface area contributed by atoms with Crippen LogP contribution in [-0.2, 0) is 20.9 Å². The Morgan fingerprint density at radius 3 is 2.36 bits per heavy atom. The van der Waals surface area contributed by atoms with Gasteiger partial charge in [-0.15, -0.1) is 0 Å². The van der Waals surface area contributed by atoms with Gasteiger partial charge in [-0.25, -0.2) is 4.79 Å². The molecule has 0 saturated heterocycles. The quantitative estimate of drug-likeness (QED) is 0.334. The fourth-order valence-corrected chi connectivity index (χ4v) is 4.08. The van der Waals surface area contributed by atoms with Gasteiger partial charge in [-0.3, -0.25) is 14.5 Å². The highest BCUT2D eigenvalue weighted by atomic mass is 16.5. The average molecular weight is 485 g/mol. The summed E-state index contributed by atoms with van der Waals surface area (Å²) in [5, 5.41) is 8.93. The Morgan fingerprint density at radius 1 is 0.972 bits per heavy atom. The molecule has 1 aliphatic heterocycles. The van der Waals surface area contributed by atoms with Gasteiger partial charge in [0.05, 0.1) is 36.2 Å². The lowest BCUT2D eigenvalue weighted by Crippen LogP contribution is -2.32. The number of anilines is 2. The fourth-order valence-electron chi connectivity index (χ4n) is 4.08. The summed E-state index contributed by atoms with van der Waals surface area (Å²) in [7, 11) is 4.83. The lowest BCUT2D eigenvalue weighted by atomic mass is 9.99. The van der Waals surface area contributed by atoms with Crippen molar-refractivity contribution in [2.45, 2.75) is 6.54 Å². The number of rotatable bonds is 8. The molecule has 0 bridgehead atoms. The Labute approximate surface area is 210 Å². The zero-order valence-electron chi connectivity index (χ0n) is 20.4. The molecule has 0 unspecified atom stereocenters. The Bertz CT molecular complexity index is 1320. The van der Waals surface area contributed by atoms with Gasteiger partial charge in [0, 0.05) is 24.8 Å². The first-order chi connectivity index (χ1) is 17.4. The molecule has 0 fully saturated rings. The van der Waals surface area contributed by atoms with Crippen molar-refractivity contribution in [1.82, 2.24) is 10.2 Å². The summed E-state index contributed by atoms with van der Waals surface area (Å²) in [6, 6.07) is 22.5. The van der Waals surface area contributed by atoms with E-state index in [0.29, 0.717) is 41.2 Å². The van der Waals surface area contributed by atoms with Gasteiger partial charge in [0.15, 0.2) is 0 Å². The second-order valence-corrected chi connectivity index (χ2v) is 8.49. The average Bonchev–Trinajstić information content (AvgIpc) is 3.22. The molecule has 36 heavy (non-hydrogen) atoms. The lowest BCUT2D eigenvalue weighted by Gasteiger charge is -2.17. The van der Waals surface area contributed by atoms with E-state index in [4.69, 9.17) is 4.74 Å². The van der Waals surface area contributed by atoms with Crippen LogP contribution in [0.4, 0.5) is 11.4 Å². The number of esters is 1. The molecular weight excluding hydrogens is 456 g/mol. The minimum Gasteiger partial charge on any atom is -0.465 e. The summed E-state index contributed by atoms with van der Waals surface area (Å²) in [6.45, 7) is 0.936. The van der Waals surface area contributed by atoms with E-state index in [9.17, 15) is 14.4 Å². The summed E-state index contributed by atoms with van der Waals surface area (Å²) in [6.07, 6.45) is 0. The topological polar surface area (TPSA) is 99.8 Å². The second-order valence-electron chi connectivity index (χ2n) is 8.49. The first kappa shape index (κ1) is 24.7. The van der Waals surface area contributed by atoms with Gasteiger partial charge in [0.25, 0.3) is 5.91 Å². The number of likely N-dealkylation sites (N-methyl/N-ethyl adjacent to an activating group) is 2. The van der Waals surface area contributed by atoms with Crippen LogP contribution in [0.15, 0.2) is 72.8 Å². The number of benzene rings is 3. The van der Waals surface area contributed by atoms with Crippen LogP contribution in [0.25, 0.3) is 11.3 Å². The van der Waals surface area contributed by atoms with E-state index in [1.807, 2.05) is 66.5 Å². The summed E-state index contributed by atoms with van der Waals surface area (Å²) in [5.41, 5.74) is 5.48. The number of amides is 2. The van der Waals surface area contributed by atoms with Crippen molar-refractivity contribution in [2.75, 3.05) is 38.4 Å². The van der Waals surface area contributed by atoms with Crippen molar-refractivity contribution < 1.29 is 19.1 Å². The molecule has 3 aromatic carbocycles. The van der Waals surface area contributed by atoms with Crippen LogP contribution in [0, 0.1) is 0 Å². The molecule has 8 heteroatoms. The number of hydrogen-bond donors (Lipinski definition) is 3. The minimum atomic E-state index is -0.466. The first-order valence-electron chi connectivity index (χ1n) is 11.5. The van der Waals surface area contributed by atoms with Gasteiger partial charge in [0.1, 0.15) is 0 Å². The van der Waals surface area contributed by atoms with Crippen LogP contribution in [0.1, 0.15) is 27.0 Å². The van der Waals surface area contributed by atoms with Gasteiger partial charge < -0.3 is 20.7 Å². The highest BCUT2D eigenvalue weighted by Gasteiger charge is 2.29. The molecule has 1 aliphatic rings. The molecule has 0 radical (unpaired) electrons. The number of ether oxygens (including phenoxy) is 1. The molecule has 0 saturated carbocycles. The molecular formula is C28H28N4O4. The van der Waals surface area contributed by atoms with Crippen molar-refractivity contribution in [3.05, 3.63) is 95.1 Å². The maximum Gasteiger partial charge on any atom is 0.337 e. The third-order valence-electron chi connectivity index (χ3n) is 5.87. The number of carbonyl (C=O) groups excluding carboxylic acids is 3. The fraction of sp³-hybridized carbons (Fsp3) is 0.179. The largest absolute Gasteiger partial charge is 0.465 e. The van der Waals surface area contributed by atoms with E-state index in [-0.39, 0.29) is 11.8 Å². The molecule has 3 aromatic rings. The maximum absolute atomic E-state index is 13.1. The molecule has 3 N–H and O–H groups in total. The van der Waals surface area contributed by atoms with E-state index < -0.39 is 5.97 Å². The number of carbonyl (C=O) groups is 3. The van der Waals surface area contributed by atoms with Crippen molar-refractivity contribution in [1.29, 1.82) is 0 Å². The van der Waals surface area contributed by atoms with E-state index in [1.165, 1.54) is 7.11 Å². The van der Waals surface area contributed by atoms with Crippen LogP contribution in [0.5, 0.6) is 0 Å². The highest BCUT2D eigenvalue weighted by Crippen LogP contribution is 2.38. The monoisotopic (exact) mass is 484 g/mol. The highest BCUT2D eigenvalue weighted by molar-refractivity contribution is 6.37. The van der Waals surface area contributed by atoms with E-state index >= 15 is 0 Å². The van der Waals surface area contributed by atoms with Gasteiger partial charge >= 0.3 is 5.97 Å². The van der Waals surface area contributed by atoms with Crippen LogP contribution >= 0.6 is 0 Å². The second kappa shape index (κ2) is 10.9. The number of fused-ring (bicyclic) bond motifs is 1. The summed E-state index contributed by atoms with van der Waals surface area (Å²) in [5.74, 6) is -0.762. The zero-order valence-corrected chi connectivity index (χ0v) is 20.4. The predicted octanol–water partition coefficient (Wildman–Crippen LogP) is 3.58. The third-order valence-corrected chi connectivity index (χ3v) is 5.87. The van der Waals surface area contributed by atoms with E-state index in [0.717, 1.165) is 16.8 Å². The first-order valence-corrected chi connectivity index (χ1v) is 11.5. The van der Waals surface area contributed by atoms with E-state index in [2.05, 4.69) is 16.0 Å². The van der Waals surface area contributed by atoms with Crippen LogP contribution < -0.4 is 16.0 Å². The van der Waals surface area contributed by atoms with Crippen LogP contribution in [0.3, 0.4) is 0 Å². The van der Waals surface area contributed by atoms with Gasteiger partial charge in [0.2, 0.25) is 5.91 Å². The molecule has 2 amide bonds. The predicted molar refractivity (Wildman–Crippen MR) is 140 cm³/mol.